The number of benzene rings is 1. The predicted molar refractivity (Wildman–Crippen MR) is 133 cm³/mol. The van der Waals surface area contributed by atoms with E-state index in [0.29, 0.717) is 12.1 Å². The number of rotatable bonds is 5. The van der Waals surface area contributed by atoms with Crippen LogP contribution < -0.4 is 20.3 Å². The number of hydrogen-bond acceptors (Lipinski definition) is 5. The second kappa shape index (κ2) is 11.1. The van der Waals surface area contributed by atoms with Crippen LogP contribution in [0.3, 0.4) is 0 Å². The van der Waals surface area contributed by atoms with Gasteiger partial charge in [-0.3, -0.25) is 9.89 Å². The Morgan fingerprint density at radius 1 is 1.30 bits per heavy atom. The summed E-state index contributed by atoms with van der Waals surface area (Å²) in [5.41, 5.74) is 1.04. The van der Waals surface area contributed by atoms with Crippen LogP contribution in [0.4, 0.5) is 5.69 Å². The first-order valence-electron chi connectivity index (χ1n) is 10.6. The van der Waals surface area contributed by atoms with Crippen molar-refractivity contribution in [2.75, 3.05) is 58.4 Å². The zero-order valence-corrected chi connectivity index (χ0v) is 20.9. The number of morpholine rings is 1. The van der Waals surface area contributed by atoms with Gasteiger partial charge in [0.15, 0.2) is 5.96 Å². The average molecular weight is 550 g/mol. The zero-order chi connectivity index (χ0) is 20.2. The van der Waals surface area contributed by atoms with E-state index in [9.17, 15) is 0 Å². The van der Waals surface area contributed by atoms with Crippen molar-refractivity contribution in [1.82, 2.24) is 15.5 Å². The van der Waals surface area contributed by atoms with Crippen molar-refractivity contribution in [2.45, 2.75) is 37.5 Å². The maximum Gasteiger partial charge on any atom is 0.191 e. The molecule has 2 N–H and O–H groups in total. The molecule has 1 aromatic carbocycles. The first-order chi connectivity index (χ1) is 14.2. The molecule has 0 aliphatic carbocycles. The number of methoxy groups -OCH3 is 1. The van der Waals surface area contributed by atoms with Gasteiger partial charge in [-0.1, -0.05) is 11.6 Å². The Balaban J connectivity index is 0.00000256. The SMILES string of the molecule is CN=C(NCC1CN2CCCC2CO1)NC1CCN(c2cc(Cl)ccc2OC)C1.I. The van der Waals surface area contributed by atoms with E-state index in [0.717, 1.165) is 61.6 Å². The Hall–Kier alpha value is -0.970. The summed E-state index contributed by atoms with van der Waals surface area (Å²) in [5, 5.41) is 7.74. The quantitative estimate of drug-likeness (QED) is 0.335. The van der Waals surface area contributed by atoms with Crippen molar-refractivity contribution < 1.29 is 9.47 Å². The minimum absolute atomic E-state index is 0. The lowest BCUT2D eigenvalue weighted by Crippen LogP contribution is -2.52. The van der Waals surface area contributed by atoms with Gasteiger partial charge in [-0.2, -0.15) is 0 Å². The molecule has 3 unspecified atom stereocenters. The molecule has 0 spiro atoms. The van der Waals surface area contributed by atoms with Crippen molar-refractivity contribution in [3.05, 3.63) is 23.2 Å². The maximum atomic E-state index is 6.20. The number of hydrogen-bond donors (Lipinski definition) is 2. The number of guanidine groups is 1. The third kappa shape index (κ3) is 5.63. The number of halogens is 2. The fraction of sp³-hybridized carbons (Fsp3) is 0.667. The van der Waals surface area contributed by atoms with Crippen molar-refractivity contribution in [3.63, 3.8) is 0 Å². The first-order valence-corrected chi connectivity index (χ1v) is 11.0. The Kier molecular flexibility index (Phi) is 8.73. The van der Waals surface area contributed by atoms with E-state index in [-0.39, 0.29) is 30.1 Å². The Labute approximate surface area is 201 Å². The molecule has 1 aromatic rings. The monoisotopic (exact) mass is 549 g/mol. The lowest BCUT2D eigenvalue weighted by Gasteiger charge is -2.35. The second-order valence-electron chi connectivity index (χ2n) is 8.09. The smallest absolute Gasteiger partial charge is 0.191 e. The molecule has 0 aromatic heterocycles. The molecule has 9 heteroatoms. The normalized spacial score (nSPS) is 26.8. The topological polar surface area (TPSA) is 61.4 Å². The summed E-state index contributed by atoms with van der Waals surface area (Å²) < 4.78 is 11.6. The van der Waals surface area contributed by atoms with Crippen molar-refractivity contribution in [2.24, 2.45) is 4.99 Å². The van der Waals surface area contributed by atoms with Gasteiger partial charge in [0.2, 0.25) is 0 Å². The van der Waals surface area contributed by atoms with Crippen LogP contribution in [0, 0.1) is 0 Å². The number of nitrogens with one attached hydrogen (secondary N) is 2. The Morgan fingerprint density at radius 3 is 2.97 bits per heavy atom. The largest absolute Gasteiger partial charge is 0.495 e. The summed E-state index contributed by atoms with van der Waals surface area (Å²) in [6, 6.07) is 6.71. The molecular formula is C21H33ClIN5O2. The van der Waals surface area contributed by atoms with Gasteiger partial charge in [0.25, 0.3) is 0 Å². The predicted octanol–water partition coefficient (Wildman–Crippen LogP) is 2.57. The van der Waals surface area contributed by atoms with Gasteiger partial charge in [-0.05, 0) is 44.0 Å². The van der Waals surface area contributed by atoms with Crippen LogP contribution in [0.15, 0.2) is 23.2 Å². The molecule has 3 fully saturated rings. The van der Waals surface area contributed by atoms with Gasteiger partial charge in [0, 0.05) is 50.3 Å². The molecule has 3 aliphatic rings. The molecule has 3 aliphatic heterocycles. The van der Waals surface area contributed by atoms with E-state index in [1.807, 2.05) is 25.2 Å². The molecule has 7 nitrogen and oxygen atoms in total. The van der Waals surface area contributed by atoms with Crippen molar-refractivity contribution >= 4 is 47.2 Å². The van der Waals surface area contributed by atoms with Crippen LogP contribution >= 0.6 is 35.6 Å². The summed E-state index contributed by atoms with van der Waals surface area (Å²) in [6.07, 6.45) is 3.83. The molecule has 3 heterocycles. The number of fused-ring (bicyclic) bond motifs is 1. The van der Waals surface area contributed by atoms with Crippen LogP contribution in [-0.4, -0.2) is 82.5 Å². The molecule has 0 bridgehead atoms. The van der Waals surface area contributed by atoms with Gasteiger partial charge >= 0.3 is 0 Å². The molecule has 4 rings (SSSR count). The van der Waals surface area contributed by atoms with E-state index in [2.05, 4.69) is 25.4 Å². The van der Waals surface area contributed by atoms with Crippen molar-refractivity contribution in [3.8, 4) is 5.75 Å². The van der Waals surface area contributed by atoms with Crippen LogP contribution in [0.5, 0.6) is 5.75 Å². The third-order valence-electron chi connectivity index (χ3n) is 6.19. The van der Waals surface area contributed by atoms with Crippen molar-refractivity contribution in [1.29, 1.82) is 0 Å². The second-order valence-corrected chi connectivity index (χ2v) is 8.53. The van der Waals surface area contributed by atoms with Gasteiger partial charge < -0.3 is 25.0 Å². The Morgan fingerprint density at radius 2 is 2.17 bits per heavy atom. The Bertz CT molecular complexity index is 737. The molecular weight excluding hydrogens is 517 g/mol. The van der Waals surface area contributed by atoms with Crippen LogP contribution in [0.1, 0.15) is 19.3 Å². The first kappa shape index (κ1) is 23.7. The molecule has 0 amide bonds. The number of anilines is 1. The van der Waals surface area contributed by atoms with Crippen LogP contribution in [0.25, 0.3) is 0 Å². The van der Waals surface area contributed by atoms with E-state index in [4.69, 9.17) is 21.1 Å². The van der Waals surface area contributed by atoms with Gasteiger partial charge in [0.1, 0.15) is 5.75 Å². The zero-order valence-electron chi connectivity index (χ0n) is 17.8. The van der Waals surface area contributed by atoms with E-state index < -0.39 is 0 Å². The summed E-state index contributed by atoms with van der Waals surface area (Å²) in [7, 11) is 3.52. The lowest BCUT2D eigenvalue weighted by atomic mass is 10.2. The fourth-order valence-electron chi connectivity index (χ4n) is 4.61. The third-order valence-corrected chi connectivity index (χ3v) is 6.43. The highest BCUT2D eigenvalue weighted by Crippen LogP contribution is 2.33. The van der Waals surface area contributed by atoms with Gasteiger partial charge in [-0.15, -0.1) is 24.0 Å². The summed E-state index contributed by atoms with van der Waals surface area (Å²) in [6.45, 7) is 5.70. The maximum absolute atomic E-state index is 6.20. The summed E-state index contributed by atoms with van der Waals surface area (Å²) in [5.74, 6) is 1.69. The van der Waals surface area contributed by atoms with Crippen LogP contribution in [0.2, 0.25) is 5.02 Å². The number of aliphatic imine (C=N–C) groups is 1. The fourth-order valence-corrected chi connectivity index (χ4v) is 4.78. The number of nitrogens with zero attached hydrogens (tertiary/aromatic N) is 3. The van der Waals surface area contributed by atoms with Crippen LogP contribution in [-0.2, 0) is 4.74 Å². The average Bonchev–Trinajstić information content (AvgIpc) is 3.40. The molecule has 0 saturated carbocycles. The lowest BCUT2D eigenvalue weighted by molar-refractivity contribution is -0.0453. The highest BCUT2D eigenvalue weighted by molar-refractivity contribution is 14.0. The molecule has 30 heavy (non-hydrogen) atoms. The van der Waals surface area contributed by atoms with Gasteiger partial charge in [0.05, 0.1) is 25.5 Å². The minimum Gasteiger partial charge on any atom is -0.495 e. The molecule has 168 valence electrons. The molecule has 0 radical (unpaired) electrons. The summed E-state index contributed by atoms with van der Waals surface area (Å²) in [4.78, 5) is 9.29. The summed E-state index contributed by atoms with van der Waals surface area (Å²) >= 11 is 6.20. The van der Waals surface area contributed by atoms with E-state index >= 15 is 0 Å². The molecule has 3 atom stereocenters. The standard InChI is InChI=1S/C21H32ClN5O2.HI/c1-23-21(24-11-18-13-26-8-3-4-17(26)14-29-18)25-16-7-9-27(12-16)19-10-15(22)5-6-20(19)28-2;/h5-6,10,16-18H,3-4,7-9,11-14H2,1-2H3,(H2,23,24,25);1H. The molecule has 3 saturated heterocycles. The van der Waals surface area contributed by atoms with E-state index in [1.165, 1.54) is 19.4 Å². The minimum atomic E-state index is 0. The highest BCUT2D eigenvalue weighted by atomic mass is 127. The van der Waals surface area contributed by atoms with E-state index in [1.54, 1.807) is 7.11 Å². The number of ether oxygens (including phenoxy) is 2. The highest BCUT2D eigenvalue weighted by Gasteiger charge is 2.32. The van der Waals surface area contributed by atoms with Gasteiger partial charge in [-0.25, -0.2) is 0 Å².